The lowest BCUT2D eigenvalue weighted by Gasteiger charge is -2.22. The Bertz CT molecular complexity index is 843. The van der Waals surface area contributed by atoms with Crippen LogP contribution in [0.15, 0.2) is 72.8 Å². The number of rotatable bonds is 6. The van der Waals surface area contributed by atoms with E-state index in [4.69, 9.17) is 0 Å². The summed E-state index contributed by atoms with van der Waals surface area (Å²) in [5.74, 6) is 0.368. The Morgan fingerprint density at radius 3 is 2.28 bits per heavy atom. The number of benzene rings is 3. The first-order valence-electron chi connectivity index (χ1n) is 8.70. The number of amides is 1. The molecule has 0 aromatic heterocycles. The molecule has 3 rings (SSSR count). The molecule has 0 radical (unpaired) electrons. The van der Waals surface area contributed by atoms with Crippen molar-refractivity contribution in [1.29, 1.82) is 0 Å². The van der Waals surface area contributed by atoms with Crippen molar-refractivity contribution in [3.8, 4) is 0 Å². The third-order valence-electron chi connectivity index (χ3n) is 4.34. The zero-order chi connectivity index (χ0) is 17.6. The molecular formula is C22H24N2O. The van der Waals surface area contributed by atoms with Gasteiger partial charge in [0.15, 0.2) is 0 Å². The molecule has 1 atom stereocenters. The van der Waals surface area contributed by atoms with E-state index in [1.165, 1.54) is 10.9 Å². The first-order chi connectivity index (χ1) is 12.1. The maximum atomic E-state index is 12.3. The van der Waals surface area contributed by atoms with Crippen molar-refractivity contribution in [3.63, 3.8) is 0 Å². The molecule has 0 aliphatic carbocycles. The Morgan fingerprint density at radius 2 is 1.56 bits per heavy atom. The second-order valence-corrected chi connectivity index (χ2v) is 6.62. The Balaban J connectivity index is 1.63. The summed E-state index contributed by atoms with van der Waals surface area (Å²) in [4.78, 5) is 12.3. The van der Waals surface area contributed by atoms with Crippen molar-refractivity contribution in [2.24, 2.45) is 5.92 Å². The molecule has 2 N–H and O–H groups in total. The predicted molar refractivity (Wildman–Crippen MR) is 105 cm³/mol. The first kappa shape index (κ1) is 17.2. The average Bonchev–Trinajstić information content (AvgIpc) is 2.62. The minimum atomic E-state index is -0.0307. The molecule has 0 aliphatic rings. The van der Waals surface area contributed by atoms with Gasteiger partial charge in [-0.05, 0) is 34.4 Å². The number of nitrogens with one attached hydrogen (secondary N) is 2. The Kier molecular flexibility index (Phi) is 5.46. The van der Waals surface area contributed by atoms with Crippen LogP contribution in [0.1, 0.15) is 25.5 Å². The number of carbonyl (C=O) groups is 1. The standard InChI is InChI=1S/C22H24N2O/c1-16(2)22(18-9-4-3-5-10-18)23-15-21(25)24-20-13-12-17-8-6-7-11-19(17)14-20/h3-14,16,22-23H,15H2,1-2H3,(H,24,25)/t22-/m1/s1. The zero-order valence-corrected chi connectivity index (χ0v) is 14.7. The minimum Gasteiger partial charge on any atom is -0.325 e. The number of anilines is 1. The van der Waals surface area contributed by atoms with Gasteiger partial charge in [0.25, 0.3) is 0 Å². The maximum absolute atomic E-state index is 12.3. The fourth-order valence-electron chi connectivity index (χ4n) is 3.07. The molecular weight excluding hydrogens is 308 g/mol. The van der Waals surface area contributed by atoms with Gasteiger partial charge in [0.1, 0.15) is 0 Å². The number of fused-ring (bicyclic) bond motifs is 1. The normalized spacial score (nSPS) is 12.3. The van der Waals surface area contributed by atoms with Crippen molar-refractivity contribution in [1.82, 2.24) is 5.32 Å². The molecule has 0 saturated heterocycles. The van der Waals surface area contributed by atoms with Gasteiger partial charge in [-0.25, -0.2) is 0 Å². The molecule has 0 aliphatic heterocycles. The van der Waals surface area contributed by atoms with Gasteiger partial charge in [-0.2, -0.15) is 0 Å². The lowest BCUT2D eigenvalue weighted by molar-refractivity contribution is -0.115. The van der Waals surface area contributed by atoms with Gasteiger partial charge >= 0.3 is 0 Å². The summed E-state index contributed by atoms with van der Waals surface area (Å²) in [7, 11) is 0. The molecule has 3 nitrogen and oxygen atoms in total. The minimum absolute atomic E-state index is 0.0307. The molecule has 0 bridgehead atoms. The second-order valence-electron chi connectivity index (χ2n) is 6.62. The van der Waals surface area contributed by atoms with Crippen molar-refractivity contribution in [3.05, 3.63) is 78.4 Å². The highest BCUT2D eigenvalue weighted by Gasteiger charge is 2.16. The molecule has 128 valence electrons. The van der Waals surface area contributed by atoms with Gasteiger partial charge in [0.2, 0.25) is 5.91 Å². The van der Waals surface area contributed by atoms with Crippen molar-refractivity contribution < 1.29 is 4.79 Å². The largest absolute Gasteiger partial charge is 0.325 e. The van der Waals surface area contributed by atoms with Crippen LogP contribution in [0, 0.1) is 5.92 Å². The van der Waals surface area contributed by atoms with E-state index < -0.39 is 0 Å². The summed E-state index contributed by atoms with van der Waals surface area (Å²) in [6.07, 6.45) is 0. The van der Waals surface area contributed by atoms with Gasteiger partial charge in [0.05, 0.1) is 6.54 Å². The number of carbonyl (C=O) groups excluding carboxylic acids is 1. The summed E-state index contributed by atoms with van der Waals surface area (Å²) in [6, 6.07) is 24.5. The Labute approximate surface area is 149 Å². The first-order valence-corrected chi connectivity index (χ1v) is 8.70. The highest BCUT2D eigenvalue weighted by molar-refractivity contribution is 5.95. The van der Waals surface area contributed by atoms with Crippen molar-refractivity contribution >= 4 is 22.4 Å². The molecule has 1 amide bonds. The van der Waals surface area contributed by atoms with Crippen LogP contribution in [-0.4, -0.2) is 12.5 Å². The highest BCUT2D eigenvalue weighted by Crippen LogP contribution is 2.21. The molecule has 0 unspecified atom stereocenters. The second kappa shape index (κ2) is 7.95. The quantitative estimate of drug-likeness (QED) is 0.683. The monoisotopic (exact) mass is 332 g/mol. The lowest BCUT2D eigenvalue weighted by atomic mass is 9.96. The van der Waals surface area contributed by atoms with Gasteiger partial charge in [-0.3, -0.25) is 4.79 Å². The fourth-order valence-corrected chi connectivity index (χ4v) is 3.07. The summed E-state index contributed by atoms with van der Waals surface area (Å²) in [5.41, 5.74) is 2.03. The summed E-state index contributed by atoms with van der Waals surface area (Å²) >= 11 is 0. The Morgan fingerprint density at radius 1 is 0.880 bits per heavy atom. The smallest absolute Gasteiger partial charge is 0.238 e. The van der Waals surface area contributed by atoms with Crippen LogP contribution in [0.5, 0.6) is 0 Å². The van der Waals surface area contributed by atoms with E-state index in [1.807, 2.05) is 54.6 Å². The molecule has 0 fully saturated rings. The van der Waals surface area contributed by atoms with Crippen molar-refractivity contribution in [2.75, 3.05) is 11.9 Å². The fraction of sp³-hybridized carbons (Fsp3) is 0.227. The van der Waals surface area contributed by atoms with Crippen LogP contribution in [-0.2, 0) is 4.79 Å². The summed E-state index contributed by atoms with van der Waals surface area (Å²) in [5, 5.41) is 8.65. The van der Waals surface area contributed by atoms with Gasteiger partial charge in [-0.15, -0.1) is 0 Å². The highest BCUT2D eigenvalue weighted by atomic mass is 16.1. The van der Waals surface area contributed by atoms with E-state index in [-0.39, 0.29) is 18.5 Å². The van der Waals surface area contributed by atoms with Crippen LogP contribution >= 0.6 is 0 Å². The van der Waals surface area contributed by atoms with Crippen LogP contribution in [0.2, 0.25) is 0 Å². The summed E-state index contributed by atoms with van der Waals surface area (Å²) < 4.78 is 0. The molecule has 0 heterocycles. The Hall–Kier alpha value is -2.65. The lowest BCUT2D eigenvalue weighted by Crippen LogP contribution is -2.33. The van der Waals surface area contributed by atoms with Gasteiger partial charge in [0, 0.05) is 11.7 Å². The van der Waals surface area contributed by atoms with E-state index in [9.17, 15) is 4.79 Å². The average molecular weight is 332 g/mol. The van der Waals surface area contributed by atoms with Gasteiger partial charge in [-0.1, -0.05) is 74.5 Å². The maximum Gasteiger partial charge on any atom is 0.238 e. The third-order valence-corrected chi connectivity index (χ3v) is 4.34. The number of hydrogen-bond acceptors (Lipinski definition) is 2. The zero-order valence-electron chi connectivity index (χ0n) is 14.7. The van der Waals surface area contributed by atoms with Crippen LogP contribution in [0.3, 0.4) is 0 Å². The number of hydrogen-bond donors (Lipinski definition) is 2. The SMILES string of the molecule is CC(C)[C@@H](NCC(=O)Nc1ccc2ccccc2c1)c1ccccc1. The molecule has 3 aromatic rings. The van der Waals surface area contributed by atoms with Crippen molar-refractivity contribution in [2.45, 2.75) is 19.9 Å². The third kappa shape index (κ3) is 4.46. The molecule has 3 aromatic carbocycles. The van der Waals surface area contributed by atoms with Crippen LogP contribution in [0.25, 0.3) is 10.8 Å². The van der Waals surface area contributed by atoms with Crippen LogP contribution < -0.4 is 10.6 Å². The van der Waals surface area contributed by atoms with E-state index in [2.05, 4.69) is 42.7 Å². The van der Waals surface area contributed by atoms with E-state index >= 15 is 0 Å². The molecule has 0 spiro atoms. The van der Waals surface area contributed by atoms with E-state index in [1.54, 1.807) is 0 Å². The predicted octanol–water partition coefficient (Wildman–Crippen LogP) is 4.77. The van der Waals surface area contributed by atoms with Crippen LogP contribution in [0.4, 0.5) is 5.69 Å². The molecule has 0 saturated carbocycles. The molecule has 25 heavy (non-hydrogen) atoms. The van der Waals surface area contributed by atoms with E-state index in [0.29, 0.717) is 5.92 Å². The topological polar surface area (TPSA) is 41.1 Å². The van der Waals surface area contributed by atoms with E-state index in [0.717, 1.165) is 11.1 Å². The van der Waals surface area contributed by atoms with Gasteiger partial charge < -0.3 is 10.6 Å². The molecule has 3 heteroatoms. The summed E-state index contributed by atoms with van der Waals surface area (Å²) in [6.45, 7) is 4.60.